The van der Waals surface area contributed by atoms with Crippen molar-refractivity contribution in [2.75, 3.05) is 25.6 Å². The summed E-state index contributed by atoms with van der Waals surface area (Å²) in [4.78, 5) is 25.0. The second-order valence-electron chi connectivity index (χ2n) is 6.13. The maximum atomic E-state index is 12.7. The van der Waals surface area contributed by atoms with E-state index in [4.69, 9.17) is 13.9 Å². The minimum absolute atomic E-state index is 0.263. The van der Waals surface area contributed by atoms with Gasteiger partial charge >= 0.3 is 0 Å². The molecule has 0 aliphatic heterocycles. The number of para-hydroxylation sites is 1. The van der Waals surface area contributed by atoms with Crippen molar-refractivity contribution < 1.29 is 23.5 Å². The Morgan fingerprint density at radius 3 is 2.62 bits per heavy atom. The Bertz CT molecular complexity index is 953. The van der Waals surface area contributed by atoms with Gasteiger partial charge < -0.3 is 24.5 Å². The third-order valence-electron chi connectivity index (χ3n) is 4.06. The largest absolute Gasteiger partial charge is 0.490 e. The zero-order chi connectivity index (χ0) is 20.5. The van der Waals surface area contributed by atoms with Crippen LogP contribution in [0.4, 0.5) is 5.69 Å². The van der Waals surface area contributed by atoms with E-state index in [-0.39, 0.29) is 18.4 Å². The highest BCUT2D eigenvalue weighted by Gasteiger charge is 2.14. The number of furan rings is 1. The van der Waals surface area contributed by atoms with Crippen LogP contribution in [0.3, 0.4) is 0 Å². The molecule has 0 saturated carbocycles. The molecule has 3 rings (SSSR count). The van der Waals surface area contributed by atoms with Crippen LogP contribution in [0, 0.1) is 0 Å². The number of hydrogen-bond acceptors (Lipinski definition) is 5. The van der Waals surface area contributed by atoms with Crippen LogP contribution in [-0.4, -0.2) is 32.1 Å². The van der Waals surface area contributed by atoms with Gasteiger partial charge in [-0.25, -0.2) is 0 Å². The maximum Gasteiger partial charge on any atom is 0.259 e. The molecule has 1 heterocycles. The Morgan fingerprint density at radius 1 is 0.966 bits per heavy atom. The van der Waals surface area contributed by atoms with Crippen LogP contribution in [-0.2, 0) is 11.3 Å². The monoisotopic (exact) mass is 394 g/mol. The molecule has 7 nitrogen and oxygen atoms in total. The molecule has 0 unspecified atom stereocenters. The molecule has 7 heteroatoms. The van der Waals surface area contributed by atoms with Crippen molar-refractivity contribution in [2.24, 2.45) is 0 Å². The summed E-state index contributed by atoms with van der Waals surface area (Å²) >= 11 is 0. The number of benzene rings is 2. The van der Waals surface area contributed by atoms with Gasteiger partial charge in [-0.2, -0.15) is 0 Å². The Labute approximate surface area is 168 Å². The van der Waals surface area contributed by atoms with Gasteiger partial charge in [-0.1, -0.05) is 18.2 Å². The average molecular weight is 394 g/mol. The Hall–Kier alpha value is -3.58. The van der Waals surface area contributed by atoms with Crippen LogP contribution in [0.25, 0.3) is 0 Å². The molecule has 2 aromatic carbocycles. The summed E-state index contributed by atoms with van der Waals surface area (Å²) in [5.41, 5.74) is 1.34. The summed E-state index contributed by atoms with van der Waals surface area (Å²) in [6.07, 6.45) is 1.55. The van der Waals surface area contributed by atoms with Crippen LogP contribution in [0.2, 0.25) is 0 Å². The van der Waals surface area contributed by atoms with Gasteiger partial charge in [0.2, 0.25) is 0 Å². The second-order valence-corrected chi connectivity index (χ2v) is 6.13. The van der Waals surface area contributed by atoms with Crippen LogP contribution in [0.15, 0.2) is 71.3 Å². The van der Waals surface area contributed by atoms with E-state index in [1.54, 1.807) is 74.0 Å². The predicted octanol–water partition coefficient (Wildman–Crippen LogP) is 3.49. The van der Waals surface area contributed by atoms with Crippen LogP contribution in [0.5, 0.6) is 5.75 Å². The number of anilines is 1. The molecule has 2 N–H and O–H groups in total. The summed E-state index contributed by atoms with van der Waals surface area (Å²) < 4.78 is 15.8. The van der Waals surface area contributed by atoms with E-state index in [9.17, 15) is 9.59 Å². The fraction of sp³-hybridized carbons (Fsp3) is 0.182. The first kappa shape index (κ1) is 20.2. The first-order valence-corrected chi connectivity index (χ1v) is 9.10. The van der Waals surface area contributed by atoms with Gasteiger partial charge in [0.05, 0.1) is 25.0 Å². The van der Waals surface area contributed by atoms with E-state index in [0.717, 1.165) is 0 Å². The predicted molar refractivity (Wildman–Crippen MR) is 108 cm³/mol. The fourth-order valence-electron chi connectivity index (χ4n) is 2.63. The van der Waals surface area contributed by atoms with Gasteiger partial charge in [-0.15, -0.1) is 0 Å². The third-order valence-corrected chi connectivity index (χ3v) is 4.06. The molecule has 0 aliphatic rings. The highest BCUT2D eigenvalue weighted by atomic mass is 16.5. The quantitative estimate of drug-likeness (QED) is 0.542. The molecule has 150 valence electrons. The SMILES string of the molecule is COCCOc1ccccc1C(=O)Nc1cccc(C(=O)NCc2ccco2)c1. The molecule has 0 bridgehead atoms. The minimum Gasteiger partial charge on any atom is -0.490 e. The first-order valence-electron chi connectivity index (χ1n) is 9.10. The van der Waals surface area contributed by atoms with Crippen molar-refractivity contribution in [1.82, 2.24) is 5.32 Å². The lowest BCUT2D eigenvalue weighted by molar-refractivity contribution is 0.0946. The van der Waals surface area contributed by atoms with E-state index < -0.39 is 0 Å². The van der Waals surface area contributed by atoms with Crippen molar-refractivity contribution in [2.45, 2.75) is 6.54 Å². The minimum atomic E-state index is -0.328. The number of methoxy groups -OCH3 is 1. The first-order chi connectivity index (χ1) is 14.2. The van der Waals surface area contributed by atoms with E-state index in [2.05, 4.69) is 10.6 Å². The Balaban J connectivity index is 1.65. The summed E-state index contributed by atoms with van der Waals surface area (Å²) in [5, 5.41) is 5.58. The molecule has 0 radical (unpaired) electrons. The smallest absolute Gasteiger partial charge is 0.259 e. The summed E-state index contributed by atoms with van der Waals surface area (Å²) in [6, 6.07) is 17.2. The standard InChI is InChI=1S/C22H22N2O5/c1-27-12-13-29-20-10-3-2-9-19(20)22(26)24-17-7-4-6-16(14-17)21(25)23-15-18-8-5-11-28-18/h2-11,14H,12-13,15H2,1H3,(H,23,25)(H,24,26). The van der Waals surface area contributed by atoms with Gasteiger partial charge in [0.25, 0.3) is 11.8 Å². The van der Waals surface area contributed by atoms with E-state index in [0.29, 0.717) is 41.5 Å². The number of carbonyl (C=O) groups excluding carboxylic acids is 2. The molecule has 0 atom stereocenters. The summed E-state index contributed by atoms with van der Waals surface area (Å²) in [7, 11) is 1.58. The van der Waals surface area contributed by atoms with Gasteiger partial charge in [0.15, 0.2) is 0 Å². The lowest BCUT2D eigenvalue weighted by Gasteiger charge is -2.12. The van der Waals surface area contributed by atoms with Gasteiger partial charge in [-0.05, 0) is 42.5 Å². The normalized spacial score (nSPS) is 10.4. The van der Waals surface area contributed by atoms with Crippen molar-refractivity contribution >= 4 is 17.5 Å². The number of rotatable bonds is 9. The molecule has 0 saturated heterocycles. The Kier molecular flexibility index (Phi) is 7.02. The fourth-order valence-corrected chi connectivity index (χ4v) is 2.63. The summed E-state index contributed by atoms with van der Waals surface area (Å²) in [5.74, 6) is 0.536. The van der Waals surface area contributed by atoms with Crippen LogP contribution >= 0.6 is 0 Å². The molecule has 2 amide bonds. The molecular formula is C22H22N2O5. The van der Waals surface area contributed by atoms with Crippen molar-refractivity contribution in [3.8, 4) is 5.75 Å². The molecule has 0 spiro atoms. The molecule has 3 aromatic rings. The van der Waals surface area contributed by atoms with Crippen LogP contribution < -0.4 is 15.4 Å². The number of carbonyl (C=O) groups is 2. The molecule has 1 aromatic heterocycles. The van der Waals surface area contributed by atoms with Gasteiger partial charge in [0, 0.05) is 18.4 Å². The van der Waals surface area contributed by atoms with E-state index in [1.807, 2.05) is 0 Å². The number of nitrogens with one attached hydrogen (secondary N) is 2. The van der Waals surface area contributed by atoms with Crippen molar-refractivity contribution in [3.63, 3.8) is 0 Å². The summed E-state index contributed by atoms with van der Waals surface area (Å²) in [6.45, 7) is 1.05. The van der Waals surface area contributed by atoms with E-state index in [1.165, 1.54) is 0 Å². The highest BCUT2D eigenvalue weighted by Crippen LogP contribution is 2.20. The molecular weight excluding hydrogens is 372 g/mol. The lowest BCUT2D eigenvalue weighted by atomic mass is 10.1. The zero-order valence-corrected chi connectivity index (χ0v) is 16.0. The topological polar surface area (TPSA) is 89.8 Å². The van der Waals surface area contributed by atoms with Crippen molar-refractivity contribution in [1.29, 1.82) is 0 Å². The van der Waals surface area contributed by atoms with Crippen LogP contribution in [0.1, 0.15) is 26.5 Å². The highest BCUT2D eigenvalue weighted by molar-refractivity contribution is 6.06. The second kappa shape index (κ2) is 10.1. The Morgan fingerprint density at radius 2 is 1.83 bits per heavy atom. The zero-order valence-electron chi connectivity index (χ0n) is 16.0. The third kappa shape index (κ3) is 5.70. The van der Waals surface area contributed by atoms with Gasteiger partial charge in [-0.3, -0.25) is 9.59 Å². The lowest BCUT2D eigenvalue weighted by Crippen LogP contribution is -2.22. The molecule has 29 heavy (non-hydrogen) atoms. The number of hydrogen-bond donors (Lipinski definition) is 2. The number of amides is 2. The van der Waals surface area contributed by atoms with Crippen molar-refractivity contribution in [3.05, 3.63) is 83.8 Å². The maximum absolute atomic E-state index is 12.7. The molecule has 0 aliphatic carbocycles. The van der Waals surface area contributed by atoms with E-state index >= 15 is 0 Å². The average Bonchev–Trinajstić information content (AvgIpc) is 3.26. The number of ether oxygens (including phenoxy) is 2. The van der Waals surface area contributed by atoms with Gasteiger partial charge in [0.1, 0.15) is 18.1 Å². The molecule has 0 fully saturated rings.